The highest BCUT2D eigenvalue weighted by Crippen LogP contribution is 2.43. The predicted molar refractivity (Wildman–Crippen MR) is 85.3 cm³/mol. The van der Waals surface area contributed by atoms with Crippen molar-refractivity contribution in [1.29, 1.82) is 0 Å². The van der Waals surface area contributed by atoms with E-state index in [1.165, 1.54) is 17.8 Å². The number of thioether (sulfide) groups is 1. The van der Waals surface area contributed by atoms with Gasteiger partial charge in [0.05, 0.1) is 11.3 Å². The van der Waals surface area contributed by atoms with Gasteiger partial charge in [-0.2, -0.15) is 13.2 Å². The molecule has 1 heterocycles. The second-order valence-corrected chi connectivity index (χ2v) is 6.45. The lowest BCUT2D eigenvalue weighted by Crippen LogP contribution is -2.27. The zero-order chi connectivity index (χ0) is 16.6. The largest absolute Gasteiger partial charge is 0.416 e. The fourth-order valence-corrected chi connectivity index (χ4v) is 3.69. The van der Waals surface area contributed by atoms with E-state index in [1.54, 1.807) is 11.0 Å². The Labute approximate surface area is 136 Å². The number of carbonyl (C=O) groups excluding carboxylic acids is 1. The van der Waals surface area contributed by atoms with Gasteiger partial charge in [-0.1, -0.05) is 29.8 Å². The molecule has 1 aliphatic heterocycles. The van der Waals surface area contributed by atoms with Crippen LogP contribution in [0.5, 0.6) is 0 Å². The molecule has 1 amide bonds. The molecule has 1 fully saturated rings. The third-order valence-corrected chi connectivity index (χ3v) is 4.89. The molecule has 1 saturated heterocycles. The average molecular weight is 337 g/mol. The average Bonchev–Trinajstić information content (AvgIpc) is 2.89. The van der Waals surface area contributed by atoms with E-state index >= 15 is 0 Å². The SMILES string of the molecule is Cc1ccc(N2C(=O)CSC2c2cccc(C(F)(F)F)c2)cc1. The zero-order valence-corrected chi connectivity index (χ0v) is 13.1. The molecule has 0 bridgehead atoms. The van der Waals surface area contributed by atoms with Crippen molar-refractivity contribution in [2.75, 3.05) is 10.7 Å². The molecule has 0 N–H and O–H groups in total. The van der Waals surface area contributed by atoms with E-state index in [9.17, 15) is 18.0 Å². The molecular weight excluding hydrogens is 323 g/mol. The van der Waals surface area contributed by atoms with Crippen LogP contribution in [0.3, 0.4) is 0 Å². The van der Waals surface area contributed by atoms with Gasteiger partial charge in [0.15, 0.2) is 0 Å². The monoisotopic (exact) mass is 337 g/mol. The van der Waals surface area contributed by atoms with Crippen LogP contribution in [0.25, 0.3) is 0 Å². The smallest absolute Gasteiger partial charge is 0.295 e. The van der Waals surface area contributed by atoms with Gasteiger partial charge in [-0.05, 0) is 36.8 Å². The van der Waals surface area contributed by atoms with Crippen LogP contribution in [0.2, 0.25) is 0 Å². The van der Waals surface area contributed by atoms with Crippen LogP contribution in [-0.4, -0.2) is 11.7 Å². The summed E-state index contributed by atoms with van der Waals surface area (Å²) in [5.74, 6) is 0.163. The minimum Gasteiger partial charge on any atom is -0.295 e. The summed E-state index contributed by atoms with van der Waals surface area (Å²) in [6.45, 7) is 1.94. The van der Waals surface area contributed by atoms with Crippen LogP contribution in [0.1, 0.15) is 22.1 Å². The number of halogens is 3. The Hall–Kier alpha value is -1.95. The molecule has 23 heavy (non-hydrogen) atoms. The third kappa shape index (κ3) is 3.22. The molecule has 1 atom stereocenters. The van der Waals surface area contributed by atoms with Gasteiger partial charge >= 0.3 is 6.18 Å². The maximum atomic E-state index is 12.9. The van der Waals surface area contributed by atoms with Gasteiger partial charge in [-0.3, -0.25) is 9.69 Å². The Balaban J connectivity index is 1.98. The third-order valence-electron chi connectivity index (χ3n) is 3.68. The number of anilines is 1. The van der Waals surface area contributed by atoms with Crippen LogP contribution < -0.4 is 4.90 Å². The van der Waals surface area contributed by atoms with Crippen molar-refractivity contribution in [3.8, 4) is 0 Å². The number of amides is 1. The van der Waals surface area contributed by atoms with Gasteiger partial charge in [0.1, 0.15) is 5.37 Å². The van der Waals surface area contributed by atoms with Crippen LogP contribution in [0.15, 0.2) is 48.5 Å². The lowest BCUT2D eigenvalue weighted by molar-refractivity contribution is -0.137. The number of alkyl halides is 3. The van der Waals surface area contributed by atoms with Gasteiger partial charge < -0.3 is 0 Å². The summed E-state index contributed by atoms with van der Waals surface area (Å²) in [6.07, 6.45) is -4.39. The Kier molecular flexibility index (Phi) is 4.10. The van der Waals surface area contributed by atoms with Gasteiger partial charge in [0, 0.05) is 5.69 Å². The summed E-state index contributed by atoms with van der Waals surface area (Å²) in [6, 6.07) is 12.6. The maximum Gasteiger partial charge on any atom is 0.416 e. The Bertz CT molecular complexity index is 727. The first-order chi connectivity index (χ1) is 10.9. The molecule has 0 aliphatic carbocycles. The van der Waals surface area contributed by atoms with Crippen LogP contribution in [-0.2, 0) is 11.0 Å². The van der Waals surface area contributed by atoms with E-state index in [2.05, 4.69) is 0 Å². The number of rotatable bonds is 2. The van der Waals surface area contributed by atoms with Gasteiger partial charge in [0.25, 0.3) is 0 Å². The Morgan fingerprint density at radius 1 is 1.13 bits per heavy atom. The number of carbonyl (C=O) groups is 1. The minimum absolute atomic E-state index is 0.0961. The standard InChI is InChI=1S/C17H14F3NOS/c1-11-5-7-14(8-6-11)21-15(22)10-23-16(21)12-3-2-4-13(9-12)17(18,19)20/h2-9,16H,10H2,1H3. The van der Waals surface area contributed by atoms with Crippen molar-refractivity contribution in [3.63, 3.8) is 0 Å². The molecular formula is C17H14F3NOS. The maximum absolute atomic E-state index is 12.9. The second kappa shape index (κ2) is 5.92. The van der Waals surface area contributed by atoms with Crippen molar-refractivity contribution in [2.24, 2.45) is 0 Å². The summed E-state index contributed by atoms with van der Waals surface area (Å²) in [5, 5.41) is -0.437. The summed E-state index contributed by atoms with van der Waals surface area (Å²) >= 11 is 1.34. The molecule has 1 aliphatic rings. The highest BCUT2D eigenvalue weighted by Gasteiger charge is 2.36. The molecule has 2 aromatic rings. The second-order valence-electron chi connectivity index (χ2n) is 5.39. The van der Waals surface area contributed by atoms with Gasteiger partial charge in [0.2, 0.25) is 5.91 Å². The normalized spacial score (nSPS) is 18.5. The summed E-state index contributed by atoms with van der Waals surface area (Å²) in [5.41, 5.74) is 1.55. The molecule has 0 radical (unpaired) electrons. The molecule has 3 rings (SSSR count). The minimum atomic E-state index is -4.39. The molecule has 1 unspecified atom stereocenters. The molecule has 0 aromatic heterocycles. The van der Waals surface area contributed by atoms with E-state index in [-0.39, 0.29) is 11.7 Å². The molecule has 0 spiro atoms. The molecule has 0 saturated carbocycles. The van der Waals surface area contributed by atoms with Crippen molar-refractivity contribution < 1.29 is 18.0 Å². The fraction of sp³-hybridized carbons (Fsp3) is 0.235. The fourth-order valence-electron chi connectivity index (χ4n) is 2.52. The van der Waals surface area contributed by atoms with Crippen LogP contribution in [0, 0.1) is 6.92 Å². The van der Waals surface area contributed by atoms with Crippen molar-refractivity contribution in [3.05, 3.63) is 65.2 Å². The van der Waals surface area contributed by atoms with E-state index in [1.807, 2.05) is 31.2 Å². The van der Waals surface area contributed by atoms with Crippen molar-refractivity contribution in [2.45, 2.75) is 18.5 Å². The number of benzene rings is 2. The highest BCUT2D eigenvalue weighted by molar-refractivity contribution is 8.00. The van der Waals surface area contributed by atoms with Crippen LogP contribution in [0.4, 0.5) is 18.9 Å². The first kappa shape index (κ1) is 15.9. The lowest BCUT2D eigenvalue weighted by atomic mass is 10.1. The van der Waals surface area contributed by atoms with Gasteiger partial charge in [-0.25, -0.2) is 0 Å². The summed E-state index contributed by atoms with van der Waals surface area (Å²) in [4.78, 5) is 13.8. The number of hydrogen-bond acceptors (Lipinski definition) is 2. The summed E-state index contributed by atoms with van der Waals surface area (Å²) in [7, 11) is 0. The predicted octanol–water partition coefficient (Wildman–Crippen LogP) is 4.79. The molecule has 2 aromatic carbocycles. The molecule has 2 nitrogen and oxygen atoms in total. The van der Waals surface area contributed by atoms with E-state index in [0.29, 0.717) is 11.3 Å². The highest BCUT2D eigenvalue weighted by atomic mass is 32.2. The first-order valence-corrected chi connectivity index (χ1v) is 8.08. The van der Waals surface area contributed by atoms with E-state index in [0.717, 1.165) is 17.7 Å². The lowest BCUT2D eigenvalue weighted by Gasteiger charge is -2.25. The number of aryl methyl sites for hydroxylation is 1. The first-order valence-electron chi connectivity index (χ1n) is 7.04. The Morgan fingerprint density at radius 3 is 2.48 bits per heavy atom. The van der Waals surface area contributed by atoms with Crippen LogP contribution >= 0.6 is 11.8 Å². The zero-order valence-electron chi connectivity index (χ0n) is 12.3. The molecule has 6 heteroatoms. The summed E-state index contributed by atoms with van der Waals surface area (Å²) < 4.78 is 38.7. The van der Waals surface area contributed by atoms with E-state index in [4.69, 9.17) is 0 Å². The number of nitrogens with zero attached hydrogens (tertiary/aromatic N) is 1. The molecule has 120 valence electrons. The van der Waals surface area contributed by atoms with Crippen molar-refractivity contribution in [1.82, 2.24) is 0 Å². The topological polar surface area (TPSA) is 20.3 Å². The van der Waals surface area contributed by atoms with Gasteiger partial charge in [-0.15, -0.1) is 11.8 Å². The quantitative estimate of drug-likeness (QED) is 0.785. The van der Waals surface area contributed by atoms with Crippen molar-refractivity contribution >= 4 is 23.4 Å². The van der Waals surface area contributed by atoms with E-state index < -0.39 is 17.1 Å². The number of hydrogen-bond donors (Lipinski definition) is 0. The Morgan fingerprint density at radius 2 is 1.83 bits per heavy atom.